The lowest BCUT2D eigenvalue weighted by molar-refractivity contribution is 0.0946. The van der Waals surface area contributed by atoms with Crippen LogP contribution in [0.1, 0.15) is 25.1 Å². The van der Waals surface area contributed by atoms with Gasteiger partial charge in [0.2, 0.25) is 0 Å². The molecule has 0 aliphatic rings. The predicted octanol–water partition coefficient (Wildman–Crippen LogP) is 3.67. The van der Waals surface area contributed by atoms with Crippen LogP contribution < -0.4 is 5.32 Å². The Morgan fingerprint density at radius 3 is 2.67 bits per heavy atom. The van der Waals surface area contributed by atoms with Crippen molar-refractivity contribution in [1.82, 2.24) is 10.2 Å². The van der Waals surface area contributed by atoms with Gasteiger partial charge >= 0.3 is 0 Å². The Kier molecular flexibility index (Phi) is 5.70. The highest BCUT2D eigenvalue weighted by molar-refractivity contribution is 5.77. The molecular weight excluding hydrogens is 274 g/mol. The first-order valence-corrected chi connectivity index (χ1v) is 7.28. The minimum atomic E-state index is -2.32. The highest BCUT2D eigenvalue weighted by Crippen LogP contribution is 2.24. The third-order valence-electron chi connectivity index (χ3n) is 3.37. The monoisotopic (exact) mass is 296 g/mol. The van der Waals surface area contributed by atoms with E-state index in [9.17, 15) is 8.78 Å². The average Bonchev–Trinajstić information content (AvgIpc) is 2.86. The van der Waals surface area contributed by atoms with Gasteiger partial charge in [-0.1, -0.05) is 25.1 Å². The Labute approximate surface area is 123 Å². The minimum Gasteiger partial charge on any atom is -0.459 e. The largest absolute Gasteiger partial charge is 0.459 e. The standard InChI is InChI=1S/C16H22F2N2O/c1-3-8-19-13(10-20(2)11-16(17)18)15-9-12-6-4-5-7-14(12)21-15/h4-7,9,13,16,19H,3,8,10-11H2,1-2H3. The summed E-state index contributed by atoms with van der Waals surface area (Å²) >= 11 is 0. The summed E-state index contributed by atoms with van der Waals surface area (Å²) in [4.78, 5) is 1.63. The van der Waals surface area contributed by atoms with Crippen LogP contribution in [0.25, 0.3) is 11.0 Å². The summed E-state index contributed by atoms with van der Waals surface area (Å²) in [6.45, 7) is 3.16. The predicted molar refractivity (Wildman–Crippen MR) is 80.7 cm³/mol. The second-order valence-corrected chi connectivity index (χ2v) is 5.31. The molecule has 1 aromatic carbocycles. The molecule has 0 bridgehead atoms. The van der Waals surface area contributed by atoms with Crippen molar-refractivity contribution in [1.29, 1.82) is 0 Å². The van der Waals surface area contributed by atoms with Crippen LogP contribution in [-0.4, -0.2) is 38.0 Å². The summed E-state index contributed by atoms with van der Waals surface area (Å²) in [6.07, 6.45) is -1.34. The molecule has 5 heteroatoms. The molecule has 3 nitrogen and oxygen atoms in total. The molecule has 0 aliphatic carbocycles. The summed E-state index contributed by atoms with van der Waals surface area (Å²) in [7, 11) is 1.70. The van der Waals surface area contributed by atoms with Crippen molar-refractivity contribution >= 4 is 11.0 Å². The zero-order valence-electron chi connectivity index (χ0n) is 12.5. The van der Waals surface area contributed by atoms with Gasteiger partial charge in [0.15, 0.2) is 0 Å². The first-order valence-electron chi connectivity index (χ1n) is 7.28. The van der Waals surface area contributed by atoms with Crippen molar-refractivity contribution in [2.75, 3.05) is 26.7 Å². The number of nitrogens with zero attached hydrogens (tertiary/aromatic N) is 1. The number of fused-ring (bicyclic) bond motifs is 1. The molecule has 0 amide bonds. The number of rotatable bonds is 8. The zero-order chi connectivity index (χ0) is 15.2. The molecular formula is C16H22F2N2O. The molecule has 1 atom stereocenters. The number of hydrogen-bond acceptors (Lipinski definition) is 3. The first-order chi connectivity index (χ1) is 10.1. The van der Waals surface area contributed by atoms with Gasteiger partial charge in [0, 0.05) is 11.9 Å². The smallest absolute Gasteiger partial charge is 0.251 e. The van der Waals surface area contributed by atoms with Crippen molar-refractivity contribution < 1.29 is 13.2 Å². The maximum Gasteiger partial charge on any atom is 0.251 e. The summed E-state index contributed by atoms with van der Waals surface area (Å²) in [5.41, 5.74) is 0.826. The van der Waals surface area contributed by atoms with Crippen LogP contribution in [0.2, 0.25) is 0 Å². The van der Waals surface area contributed by atoms with Crippen molar-refractivity contribution in [3.8, 4) is 0 Å². The van der Waals surface area contributed by atoms with Gasteiger partial charge in [0.1, 0.15) is 11.3 Å². The molecule has 0 saturated heterocycles. The van der Waals surface area contributed by atoms with E-state index in [-0.39, 0.29) is 12.6 Å². The lowest BCUT2D eigenvalue weighted by Gasteiger charge is -2.23. The van der Waals surface area contributed by atoms with Crippen LogP contribution in [0.3, 0.4) is 0 Å². The van der Waals surface area contributed by atoms with Crippen LogP contribution >= 0.6 is 0 Å². The van der Waals surface area contributed by atoms with E-state index >= 15 is 0 Å². The molecule has 0 radical (unpaired) electrons. The van der Waals surface area contributed by atoms with Gasteiger partial charge in [-0.05, 0) is 32.1 Å². The van der Waals surface area contributed by atoms with Crippen molar-refractivity contribution in [2.24, 2.45) is 0 Å². The molecule has 1 N–H and O–H groups in total. The first kappa shape index (κ1) is 15.9. The van der Waals surface area contributed by atoms with Crippen LogP contribution in [0.15, 0.2) is 34.7 Å². The van der Waals surface area contributed by atoms with Gasteiger partial charge in [0.05, 0.1) is 12.6 Å². The zero-order valence-corrected chi connectivity index (χ0v) is 12.5. The minimum absolute atomic E-state index is 0.0823. The molecule has 0 saturated carbocycles. The van der Waals surface area contributed by atoms with E-state index in [0.29, 0.717) is 6.54 Å². The fourth-order valence-electron chi connectivity index (χ4n) is 2.37. The van der Waals surface area contributed by atoms with E-state index < -0.39 is 6.43 Å². The Hall–Kier alpha value is -1.46. The molecule has 1 heterocycles. The van der Waals surface area contributed by atoms with Crippen LogP contribution in [0.5, 0.6) is 0 Å². The Balaban J connectivity index is 2.14. The molecule has 0 aliphatic heterocycles. The quantitative estimate of drug-likeness (QED) is 0.805. The van der Waals surface area contributed by atoms with Gasteiger partial charge in [-0.2, -0.15) is 0 Å². The third kappa shape index (κ3) is 4.51. The number of furan rings is 1. The average molecular weight is 296 g/mol. The number of halogens is 2. The van der Waals surface area contributed by atoms with Gasteiger partial charge < -0.3 is 9.73 Å². The van der Waals surface area contributed by atoms with E-state index in [4.69, 9.17) is 4.42 Å². The number of nitrogens with one attached hydrogen (secondary N) is 1. The van der Waals surface area contributed by atoms with Crippen LogP contribution in [-0.2, 0) is 0 Å². The molecule has 2 aromatic rings. The van der Waals surface area contributed by atoms with E-state index in [1.165, 1.54) is 0 Å². The van der Waals surface area contributed by atoms with Crippen molar-refractivity contribution in [3.63, 3.8) is 0 Å². The van der Waals surface area contributed by atoms with Gasteiger partial charge in [-0.3, -0.25) is 4.90 Å². The van der Waals surface area contributed by atoms with Gasteiger partial charge in [0.25, 0.3) is 6.43 Å². The second-order valence-electron chi connectivity index (χ2n) is 5.31. The number of alkyl halides is 2. The summed E-state index contributed by atoms with van der Waals surface area (Å²) in [6, 6.07) is 9.69. The van der Waals surface area contributed by atoms with E-state index in [0.717, 1.165) is 29.7 Å². The van der Waals surface area contributed by atoms with Crippen LogP contribution in [0, 0.1) is 0 Å². The normalized spacial score (nSPS) is 13.4. The van der Waals surface area contributed by atoms with E-state index in [1.807, 2.05) is 30.3 Å². The third-order valence-corrected chi connectivity index (χ3v) is 3.37. The maximum atomic E-state index is 12.5. The number of hydrogen-bond donors (Lipinski definition) is 1. The molecule has 1 aromatic heterocycles. The highest BCUT2D eigenvalue weighted by atomic mass is 19.3. The number of likely N-dealkylation sites (N-methyl/N-ethyl adjacent to an activating group) is 1. The Morgan fingerprint density at radius 2 is 2.00 bits per heavy atom. The summed E-state index contributed by atoms with van der Waals surface area (Å²) in [5, 5.41) is 4.41. The molecule has 1 unspecified atom stereocenters. The fraction of sp³-hybridized carbons (Fsp3) is 0.500. The SMILES string of the molecule is CCCNC(CN(C)CC(F)F)c1cc2ccccc2o1. The van der Waals surface area contributed by atoms with Crippen molar-refractivity contribution in [2.45, 2.75) is 25.8 Å². The number of para-hydroxylation sites is 1. The summed E-state index contributed by atoms with van der Waals surface area (Å²) in [5.74, 6) is 0.797. The van der Waals surface area contributed by atoms with E-state index in [2.05, 4.69) is 12.2 Å². The van der Waals surface area contributed by atoms with Gasteiger partial charge in [-0.15, -0.1) is 0 Å². The lowest BCUT2D eigenvalue weighted by atomic mass is 10.2. The number of benzene rings is 1. The Bertz CT molecular complexity index is 523. The van der Waals surface area contributed by atoms with Crippen molar-refractivity contribution in [3.05, 3.63) is 36.1 Å². The lowest BCUT2D eigenvalue weighted by Crippen LogP contribution is -2.35. The fourth-order valence-corrected chi connectivity index (χ4v) is 2.37. The maximum absolute atomic E-state index is 12.5. The molecule has 21 heavy (non-hydrogen) atoms. The van der Waals surface area contributed by atoms with E-state index in [1.54, 1.807) is 11.9 Å². The molecule has 2 rings (SSSR count). The summed E-state index contributed by atoms with van der Waals surface area (Å²) < 4.78 is 30.8. The Morgan fingerprint density at radius 1 is 1.24 bits per heavy atom. The molecule has 116 valence electrons. The van der Waals surface area contributed by atoms with Crippen LogP contribution in [0.4, 0.5) is 8.78 Å². The molecule has 0 fully saturated rings. The van der Waals surface area contributed by atoms with Gasteiger partial charge in [-0.25, -0.2) is 8.78 Å². The topological polar surface area (TPSA) is 28.4 Å². The highest BCUT2D eigenvalue weighted by Gasteiger charge is 2.19. The molecule has 0 spiro atoms. The second kappa shape index (κ2) is 7.52.